The number of anilines is 2. The maximum Gasteiger partial charge on any atom is 0.336 e. The van der Waals surface area contributed by atoms with Gasteiger partial charge in [-0.15, -0.1) is 0 Å². The number of carboxylic acids is 1. The lowest BCUT2D eigenvalue weighted by atomic mass is 10.0. The third-order valence-corrected chi connectivity index (χ3v) is 5.02. The maximum absolute atomic E-state index is 12.7. The molecule has 0 saturated carbocycles. The normalized spacial score (nSPS) is 16.5. The van der Waals surface area contributed by atoms with Crippen LogP contribution in [0.3, 0.4) is 0 Å². The zero-order valence-electron chi connectivity index (χ0n) is 15.0. The van der Waals surface area contributed by atoms with Gasteiger partial charge in [0.2, 0.25) is 11.8 Å². The molecule has 0 bridgehead atoms. The molecule has 3 rings (SSSR count). The number of aryl methyl sites for hydroxylation is 2. The third kappa shape index (κ3) is 3.80. The fourth-order valence-electron chi connectivity index (χ4n) is 3.24. The van der Waals surface area contributed by atoms with Crippen LogP contribution in [0.2, 0.25) is 5.02 Å². The number of hydrogen-bond acceptors (Lipinski definition) is 3. The van der Waals surface area contributed by atoms with Crippen LogP contribution in [0.5, 0.6) is 0 Å². The van der Waals surface area contributed by atoms with Gasteiger partial charge < -0.3 is 15.3 Å². The molecule has 1 saturated heterocycles. The van der Waals surface area contributed by atoms with Crippen LogP contribution in [-0.4, -0.2) is 29.4 Å². The highest BCUT2D eigenvalue weighted by atomic mass is 35.5. The molecule has 2 aromatic rings. The van der Waals surface area contributed by atoms with Gasteiger partial charge in [-0.05, 0) is 43.2 Å². The molecule has 0 aliphatic carbocycles. The Hall–Kier alpha value is -2.86. The van der Waals surface area contributed by atoms with Crippen molar-refractivity contribution in [2.45, 2.75) is 20.3 Å². The first-order chi connectivity index (χ1) is 12.8. The van der Waals surface area contributed by atoms with Crippen LogP contribution in [0.1, 0.15) is 27.9 Å². The van der Waals surface area contributed by atoms with Crippen LogP contribution in [0.25, 0.3) is 0 Å². The van der Waals surface area contributed by atoms with Gasteiger partial charge in [0, 0.05) is 18.7 Å². The Balaban J connectivity index is 1.78. The quantitative estimate of drug-likeness (QED) is 0.839. The molecule has 1 heterocycles. The minimum atomic E-state index is -1.05. The van der Waals surface area contributed by atoms with E-state index in [2.05, 4.69) is 5.32 Å². The SMILES string of the molecule is Cc1cc(C)c(C(=O)O)cc1NC(=O)C1CC(=O)N(c2ccccc2Cl)C1. The average molecular weight is 387 g/mol. The van der Waals surface area contributed by atoms with Gasteiger partial charge in [0.05, 0.1) is 22.2 Å². The molecule has 2 aromatic carbocycles. The van der Waals surface area contributed by atoms with E-state index in [4.69, 9.17) is 11.6 Å². The number of carboxylic acid groups (broad SMARTS) is 1. The van der Waals surface area contributed by atoms with Gasteiger partial charge in [-0.25, -0.2) is 4.79 Å². The minimum Gasteiger partial charge on any atom is -0.478 e. The van der Waals surface area contributed by atoms with Crippen molar-refractivity contribution in [1.82, 2.24) is 0 Å². The number of aromatic carboxylic acids is 1. The molecule has 2 amide bonds. The lowest BCUT2D eigenvalue weighted by Crippen LogP contribution is -2.28. The van der Waals surface area contributed by atoms with Gasteiger partial charge in [-0.3, -0.25) is 9.59 Å². The Morgan fingerprint density at radius 1 is 1.19 bits per heavy atom. The fraction of sp³-hybridized carbons (Fsp3) is 0.250. The molecule has 0 radical (unpaired) electrons. The highest BCUT2D eigenvalue weighted by Crippen LogP contribution is 2.31. The molecule has 140 valence electrons. The van der Waals surface area contributed by atoms with E-state index in [0.29, 0.717) is 22.0 Å². The largest absolute Gasteiger partial charge is 0.478 e. The van der Waals surface area contributed by atoms with Crippen LogP contribution in [-0.2, 0) is 9.59 Å². The number of nitrogens with zero attached hydrogens (tertiary/aromatic N) is 1. The molecular weight excluding hydrogens is 368 g/mol. The van der Waals surface area contributed by atoms with Gasteiger partial charge in [0.25, 0.3) is 0 Å². The summed E-state index contributed by atoms with van der Waals surface area (Å²) in [6.45, 7) is 3.73. The maximum atomic E-state index is 12.7. The van der Waals surface area contributed by atoms with Crippen molar-refractivity contribution in [3.05, 3.63) is 58.1 Å². The zero-order chi connectivity index (χ0) is 19.7. The molecule has 6 nitrogen and oxygen atoms in total. The molecule has 2 N–H and O–H groups in total. The van der Waals surface area contributed by atoms with Gasteiger partial charge in [0.1, 0.15) is 0 Å². The second-order valence-corrected chi connectivity index (χ2v) is 7.04. The first-order valence-corrected chi connectivity index (χ1v) is 8.86. The van der Waals surface area contributed by atoms with Crippen molar-refractivity contribution in [3.63, 3.8) is 0 Å². The summed E-state index contributed by atoms with van der Waals surface area (Å²) in [6.07, 6.45) is 0.0771. The molecular formula is C20H19ClN2O4. The van der Waals surface area contributed by atoms with E-state index in [1.54, 1.807) is 44.2 Å². The van der Waals surface area contributed by atoms with E-state index in [0.717, 1.165) is 5.56 Å². The monoisotopic (exact) mass is 386 g/mol. The van der Waals surface area contributed by atoms with Gasteiger partial charge >= 0.3 is 5.97 Å². The Bertz CT molecular complexity index is 942. The van der Waals surface area contributed by atoms with Crippen molar-refractivity contribution in [2.75, 3.05) is 16.8 Å². The summed E-state index contributed by atoms with van der Waals surface area (Å²) in [7, 11) is 0. The topological polar surface area (TPSA) is 86.7 Å². The molecule has 7 heteroatoms. The standard InChI is InChI=1S/C20H19ClN2O4/c1-11-7-12(2)16(9-14(11)20(26)27)22-19(25)13-8-18(24)23(10-13)17-6-4-3-5-15(17)21/h3-7,9,13H,8,10H2,1-2H3,(H,22,25)(H,26,27). The molecule has 0 spiro atoms. The summed E-state index contributed by atoms with van der Waals surface area (Å²) >= 11 is 6.16. The van der Waals surface area contributed by atoms with Crippen molar-refractivity contribution >= 4 is 40.8 Å². The summed E-state index contributed by atoms with van der Waals surface area (Å²) in [5.74, 6) is -2.08. The van der Waals surface area contributed by atoms with Crippen molar-refractivity contribution in [3.8, 4) is 0 Å². The second-order valence-electron chi connectivity index (χ2n) is 6.63. The highest BCUT2D eigenvalue weighted by Gasteiger charge is 2.36. The Morgan fingerprint density at radius 3 is 2.56 bits per heavy atom. The molecule has 27 heavy (non-hydrogen) atoms. The number of benzene rings is 2. The first kappa shape index (κ1) is 18.9. The highest BCUT2D eigenvalue weighted by molar-refractivity contribution is 6.33. The van der Waals surface area contributed by atoms with E-state index in [1.165, 1.54) is 11.0 Å². The molecule has 0 aromatic heterocycles. The smallest absolute Gasteiger partial charge is 0.336 e. The lowest BCUT2D eigenvalue weighted by Gasteiger charge is -2.18. The van der Waals surface area contributed by atoms with Crippen LogP contribution in [0, 0.1) is 19.8 Å². The number of nitrogens with one attached hydrogen (secondary N) is 1. The molecule has 1 atom stereocenters. The van der Waals surface area contributed by atoms with Crippen LogP contribution >= 0.6 is 11.6 Å². The number of para-hydroxylation sites is 1. The summed E-state index contributed by atoms with van der Waals surface area (Å²) in [6, 6.07) is 10.2. The predicted octanol–water partition coefficient (Wildman–Crippen LogP) is 3.65. The predicted molar refractivity (Wildman–Crippen MR) is 103 cm³/mol. The molecule has 1 aliphatic rings. The summed E-state index contributed by atoms with van der Waals surface area (Å²) in [4.78, 5) is 37.9. The van der Waals surface area contributed by atoms with Crippen molar-refractivity contribution in [2.24, 2.45) is 5.92 Å². The summed E-state index contributed by atoms with van der Waals surface area (Å²) in [5, 5.41) is 12.5. The first-order valence-electron chi connectivity index (χ1n) is 8.48. The van der Waals surface area contributed by atoms with Crippen LogP contribution < -0.4 is 10.2 Å². The number of amides is 2. The third-order valence-electron chi connectivity index (χ3n) is 4.70. The van der Waals surface area contributed by atoms with Crippen molar-refractivity contribution in [1.29, 1.82) is 0 Å². The second kappa shape index (κ2) is 7.40. The van der Waals surface area contributed by atoms with Gasteiger partial charge in [-0.2, -0.15) is 0 Å². The number of halogens is 1. The van der Waals surface area contributed by atoms with E-state index < -0.39 is 11.9 Å². The lowest BCUT2D eigenvalue weighted by molar-refractivity contribution is -0.122. The van der Waals surface area contributed by atoms with E-state index in [1.807, 2.05) is 0 Å². The van der Waals surface area contributed by atoms with Crippen molar-refractivity contribution < 1.29 is 19.5 Å². The van der Waals surface area contributed by atoms with E-state index >= 15 is 0 Å². The number of carbonyl (C=O) groups is 3. The fourth-order valence-corrected chi connectivity index (χ4v) is 3.48. The van der Waals surface area contributed by atoms with E-state index in [-0.39, 0.29) is 30.3 Å². The Labute approximate surface area is 161 Å². The zero-order valence-corrected chi connectivity index (χ0v) is 15.7. The number of hydrogen-bond donors (Lipinski definition) is 2. The van der Waals surface area contributed by atoms with E-state index in [9.17, 15) is 19.5 Å². The Kier molecular flexibility index (Phi) is 5.19. The van der Waals surface area contributed by atoms with Crippen LogP contribution in [0.15, 0.2) is 36.4 Å². The molecule has 1 aliphatic heterocycles. The number of rotatable bonds is 4. The Morgan fingerprint density at radius 2 is 1.89 bits per heavy atom. The molecule has 1 fully saturated rings. The molecule has 1 unspecified atom stereocenters. The average Bonchev–Trinajstić information content (AvgIpc) is 2.99. The summed E-state index contributed by atoms with van der Waals surface area (Å²) < 4.78 is 0. The van der Waals surface area contributed by atoms with Crippen LogP contribution in [0.4, 0.5) is 11.4 Å². The summed E-state index contributed by atoms with van der Waals surface area (Å²) in [5.41, 5.74) is 2.54. The number of carbonyl (C=O) groups excluding carboxylic acids is 2. The van der Waals surface area contributed by atoms with Gasteiger partial charge in [-0.1, -0.05) is 29.8 Å². The minimum absolute atomic E-state index is 0.0771. The van der Waals surface area contributed by atoms with Gasteiger partial charge in [0.15, 0.2) is 0 Å².